The maximum Gasteiger partial charge on any atom is 0.418 e. The highest BCUT2D eigenvalue weighted by Gasteiger charge is 2.38. The van der Waals surface area contributed by atoms with Crippen molar-refractivity contribution < 1.29 is 18.0 Å². The molecule has 0 aliphatic carbocycles. The molecule has 0 radical (unpaired) electrons. The zero-order valence-electron chi connectivity index (χ0n) is 13.2. The summed E-state index contributed by atoms with van der Waals surface area (Å²) in [7, 11) is 0. The summed E-state index contributed by atoms with van der Waals surface area (Å²) >= 11 is 0. The van der Waals surface area contributed by atoms with E-state index in [2.05, 4.69) is 5.32 Å². The highest BCUT2D eigenvalue weighted by molar-refractivity contribution is 5.81. The number of alkyl halides is 3. The first-order valence-corrected chi connectivity index (χ1v) is 7.20. The molecule has 1 aliphatic rings. The summed E-state index contributed by atoms with van der Waals surface area (Å²) in [5.74, 6) is -0.0972. The van der Waals surface area contributed by atoms with Crippen molar-refractivity contribution in [2.75, 3.05) is 11.9 Å². The van der Waals surface area contributed by atoms with Crippen LogP contribution in [0.2, 0.25) is 0 Å². The fraction of sp³-hybridized carbons (Fsp3) is 0.500. The number of amides is 1. The molecule has 1 heterocycles. The largest absolute Gasteiger partial charge is 0.418 e. The first-order valence-electron chi connectivity index (χ1n) is 7.20. The van der Waals surface area contributed by atoms with E-state index in [-0.39, 0.29) is 29.1 Å². The molecule has 23 heavy (non-hydrogen) atoms. The molecule has 1 aromatic rings. The Hall–Kier alpha value is -2.23. The maximum atomic E-state index is 13.1. The van der Waals surface area contributed by atoms with Crippen LogP contribution in [0.3, 0.4) is 0 Å². The number of halogens is 3. The van der Waals surface area contributed by atoms with Crippen molar-refractivity contribution in [3.8, 4) is 6.07 Å². The van der Waals surface area contributed by atoms with Crippen LogP contribution in [0.1, 0.15) is 38.3 Å². The van der Waals surface area contributed by atoms with Gasteiger partial charge in [-0.25, -0.2) is 0 Å². The molecule has 4 nitrogen and oxygen atoms in total. The van der Waals surface area contributed by atoms with Crippen LogP contribution in [0.5, 0.6) is 0 Å². The van der Waals surface area contributed by atoms with E-state index in [0.29, 0.717) is 6.54 Å². The minimum atomic E-state index is -4.53. The second-order valence-electron chi connectivity index (χ2n) is 6.59. The molecule has 0 aromatic heterocycles. The van der Waals surface area contributed by atoms with Crippen LogP contribution in [0.25, 0.3) is 0 Å². The molecule has 124 valence electrons. The zero-order chi connectivity index (χ0) is 17.4. The maximum absolute atomic E-state index is 13.1. The Kier molecular flexibility index (Phi) is 4.29. The third-order valence-electron chi connectivity index (χ3n) is 3.75. The van der Waals surface area contributed by atoms with E-state index in [0.717, 1.165) is 12.1 Å². The number of nitrogens with one attached hydrogen (secondary N) is 1. The van der Waals surface area contributed by atoms with E-state index in [9.17, 15) is 18.0 Å². The summed E-state index contributed by atoms with van der Waals surface area (Å²) in [5, 5.41) is 11.7. The zero-order valence-corrected chi connectivity index (χ0v) is 13.2. The molecule has 1 aromatic carbocycles. The van der Waals surface area contributed by atoms with Crippen molar-refractivity contribution >= 4 is 11.6 Å². The first kappa shape index (κ1) is 17.1. The van der Waals surface area contributed by atoms with Crippen LogP contribution in [0.15, 0.2) is 18.2 Å². The minimum Gasteiger partial charge on any atom is -0.379 e. The van der Waals surface area contributed by atoms with Gasteiger partial charge in [0.1, 0.15) is 0 Å². The molecule has 7 heteroatoms. The van der Waals surface area contributed by atoms with Gasteiger partial charge in [-0.05, 0) is 39.0 Å². The molecule has 0 saturated carbocycles. The van der Waals surface area contributed by atoms with Gasteiger partial charge in [-0.3, -0.25) is 4.79 Å². The summed E-state index contributed by atoms with van der Waals surface area (Å²) in [4.78, 5) is 13.7. The highest BCUT2D eigenvalue weighted by atomic mass is 19.4. The Labute approximate surface area is 132 Å². The topological polar surface area (TPSA) is 56.1 Å². The molecule has 0 bridgehead atoms. The summed E-state index contributed by atoms with van der Waals surface area (Å²) < 4.78 is 39.3. The monoisotopic (exact) mass is 325 g/mol. The van der Waals surface area contributed by atoms with E-state index in [1.807, 2.05) is 26.8 Å². The Balaban J connectivity index is 2.27. The number of carbonyl (C=O) groups excluding carboxylic acids is 1. The van der Waals surface area contributed by atoms with E-state index >= 15 is 0 Å². The normalized spacial score (nSPS) is 18.9. The predicted molar refractivity (Wildman–Crippen MR) is 79.7 cm³/mol. The summed E-state index contributed by atoms with van der Waals surface area (Å²) in [6.07, 6.45) is -4.39. The van der Waals surface area contributed by atoms with Crippen molar-refractivity contribution in [3.05, 3.63) is 29.3 Å². The van der Waals surface area contributed by atoms with Crippen LogP contribution < -0.4 is 5.32 Å². The van der Waals surface area contributed by atoms with Crippen LogP contribution in [0.4, 0.5) is 18.9 Å². The molecule has 1 fully saturated rings. The van der Waals surface area contributed by atoms with Crippen molar-refractivity contribution in [1.82, 2.24) is 4.90 Å². The predicted octanol–water partition coefficient (Wildman–Crippen LogP) is 3.39. The van der Waals surface area contributed by atoms with Crippen molar-refractivity contribution in [2.24, 2.45) is 0 Å². The Morgan fingerprint density at radius 1 is 1.30 bits per heavy atom. The second kappa shape index (κ2) is 5.76. The number of nitrogens with zero attached hydrogens (tertiary/aromatic N) is 2. The SMILES string of the molecule is CC(C)(C)N1CC(Nc2cc(C#N)ccc2C(F)(F)F)CC1=O. The molecule has 1 saturated heterocycles. The molecule has 1 amide bonds. The molecular formula is C16H18F3N3O. The van der Waals surface area contributed by atoms with Crippen molar-refractivity contribution in [2.45, 2.75) is 44.9 Å². The molecule has 1 unspecified atom stereocenters. The molecular weight excluding hydrogens is 307 g/mol. The average molecular weight is 325 g/mol. The quantitative estimate of drug-likeness (QED) is 0.907. The number of carbonyl (C=O) groups is 1. The lowest BCUT2D eigenvalue weighted by molar-refractivity contribution is -0.137. The fourth-order valence-corrected chi connectivity index (χ4v) is 2.65. The van der Waals surface area contributed by atoms with Gasteiger partial charge in [0, 0.05) is 24.2 Å². The molecule has 0 spiro atoms. The van der Waals surface area contributed by atoms with Gasteiger partial charge in [0.05, 0.1) is 23.2 Å². The Morgan fingerprint density at radius 3 is 2.43 bits per heavy atom. The van der Waals surface area contributed by atoms with E-state index < -0.39 is 17.8 Å². The molecule has 2 rings (SSSR count). The Bertz CT molecular complexity index is 656. The van der Waals surface area contributed by atoms with Crippen LogP contribution in [-0.2, 0) is 11.0 Å². The summed E-state index contributed by atoms with van der Waals surface area (Å²) in [6.45, 7) is 5.97. The van der Waals surface area contributed by atoms with Gasteiger partial charge < -0.3 is 10.2 Å². The number of hydrogen-bond acceptors (Lipinski definition) is 3. The van der Waals surface area contributed by atoms with Gasteiger partial charge in [0.15, 0.2) is 0 Å². The van der Waals surface area contributed by atoms with Crippen LogP contribution in [-0.4, -0.2) is 28.9 Å². The van der Waals surface area contributed by atoms with Gasteiger partial charge in [-0.2, -0.15) is 18.4 Å². The van der Waals surface area contributed by atoms with Gasteiger partial charge >= 0.3 is 6.18 Å². The van der Waals surface area contributed by atoms with Crippen LogP contribution in [0, 0.1) is 11.3 Å². The number of likely N-dealkylation sites (tertiary alicyclic amines) is 1. The standard InChI is InChI=1S/C16H18F3N3O/c1-15(2,3)22-9-11(7-14(22)23)21-13-6-10(8-20)4-5-12(13)16(17,18)19/h4-6,11,21H,7,9H2,1-3H3. The lowest BCUT2D eigenvalue weighted by Gasteiger charge is -2.32. The highest BCUT2D eigenvalue weighted by Crippen LogP contribution is 2.36. The first-order chi connectivity index (χ1) is 10.5. The smallest absolute Gasteiger partial charge is 0.379 e. The van der Waals surface area contributed by atoms with Gasteiger partial charge in [0.25, 0.3) is 0 Å². The summed E-state index contributed by atoms with van der Waals surface area (Å²) in [6, 6.07) is 4.60. The number of hydrogen-bond donors (Lipinski definition) is 1. The lowest BCUT2D eigenvalue weighted by atomic mass is 10.1. The molecule has 1 aliphatic heterocycles. The van der Waals surface area contributed by atoms with E-state index in [1.54, 1.807) is 4.90 Å². The van der Waals surface area contributed by atoms with Crippen molar-refractivity contribution in [1.29, 1.82) is 5.26 Å². The number of rotatable bonds is 2. The average Bonchev–Trinajstić information content (AvgIpc) is 2.78. The third-order valence-corrected chi connectivity index (χ3v) is 3.75. The second-order valence-corrected chi connectivity index (χ2v) is 6.59. The minimum absolute atomic E-state index is 0.0972. The number of benzene rings is 1. The summed E-state index contributed by atoms with van der Waals surface area (Å²) in [5.41, 5.74) is -1.24. The van der Waals surface area contributed by atoms with Crippen molar-refractivity contribution in [3.63, 3.8) is 0 Å². The van der Waals surface area contributed by atoms with E-state index in [1.165, 1.54) is 6.07 Å². The van der Waals surface area contributed by atoms with Gasteiger partial charge in [0.2, 0.25) is 5.91 Å². The fourth-order valence-electron chi connectivity index (χ4n) is 2.65. The van der Waals surface area contributed by atoms with Gasteiger partial charge in [-0.15, -0.1) is 0 Å². The Morgan fingerprint density at radius 2 is 1.96 bits per heavy atom. The number of nitriles is 1. The van der Waals surface area contributed by atoms with Crippen LogP contribution >= 0.6 is 0 Å². The molecule has 1 N–H and O–H groups in total. The molecule has 1 atom stereocenters. The third kappa shape index (κ3) is 3.76. The lowest BCUT2D eigenvalue weighted by Crippen LogP contribution is -2.43. The number of anilines is 1. The van der Waals surface area contributed by atoms with E-state index in [4.69, 9.17) is 5.26 Å². The van der Waals surface area contributed by atoms with Gasteiger partial charge in [-0.1, -0.05) is 0 Å².